The van der Waals surface area contributed by atoms with Crippen LogP contribution in [0, 0.1) is 0 Å². The van der Waals surface area contributed by atoms with E-state index in [2.05, 4.69) is 0 Å². The van der Waals surface area contributed by atoms with E-state index in [1.54, 1.807) is 54.6 Å². The van der Waals surface area contributed by atoms with Crippen LogP contribution in [-0.2, 0) is 9.47 Å². The Hall–Kier alpha value is -2.66. The molecule has 0 aromatic heterocycles. The molecule has 0 bridgehead atoms. The standard InChI is InChI=1S/C18H18O5/c19-13-16(23-18(21)15-9-5-2-6-10-15)11-12-22-17(20)14-7-3-1-4-8-14/h1-10,16,19H,11-13H2/t16-/m1/s1. The Kier molecular flexibility index (Phi) is 6.32. The molecule has 0 aliphatic heterocycles. The molecular formula is C18H18O5. The lowest BCUT2D eigenvalue weighted by Gasteiger charge is -2.15. The van der Waals surface area contributed by atoms with Gasteiger partial charge < -0.3 is 14.6 Å². The predicted molar refractivity (Wildman–Crippen MR) is 84.1 cm³/mol. The first-order valence-corrected chi connectivity index (χ1v) is 7.29. The van der Waals surface area contributed by atoms with Crippen molar-refractivity contribution in [2.75, 3.05) is 13.2 Å². The van der Waals surface area contributed by atoms with E-state index in [-0.39, 0.29) is 19.6 Å². The molecule has 2 aromatic carbocycles. The SMILES string of the molecule is O=C(OCC[C@H](CO)OC(=O)c1ccccc1)c1ccccc1. The van der Waals surface area contributed by atoms with Crippen molar-refractivity contribution in [3.8, 4) is 0 Å². The predicted octanol–water partition coefficient (Wildman–Crippen LogP) is 2.45. The Morgan fingerprint density at radius 2 is 1.39 bits per heavy atom. The largest absolute Gasteiger partial charge is 0.462 e. The fourth-order valence-electron chi connectivity index (χ4n) is 1.92. The summed E-state index contributed by atoms with van der Waals surface area (Å²) in [7, 11) is 0. The number of aliphatic hydroxyl groups excluding tert-OH is 1. The number of ether oxygens (including phenoxy) is 2. The third-order valence-electron chi connectivity index (χ3n) is 3.17. The summed E-state index contributed by atoms with van der Waals surface area (Å²) in [5.74, 6) is -0.962. The van der Waals surface area contributed by atoms with Gasteiger partial charge in [-0.25, -0.2) is 9.59 Å². The van der Waals surface area contributed by atoms with Gasteiger partial charge in [-0.05, 0) is 24.3 Å². The first kappa shape index (κ1) is 16.7. The summed E-state index contributed by atoms with van der Waals surface area (Å²) in [5, 5.41) is 9.29. The fraction of sp³-hybridized carbons (Fsp3) is 0.222. The highest BCUT2D eigenvalue weighted by Crippen LogP contribution is 2.07. The third-order valence-corrected chi connectivity index (χ3v) is 3.17. The number of carbonyl (C=O) groups is 2. The third kappa shape index (κ3) is 5.23. The second-order valence-electron chi connectivity index (χ2n) is 4.87. The van der Waals surface area contributed by atoms with E-state index in [9.17, 15) is 14.7 Å². The molecule has 0 saturated carbocycles. The van der Waals surface area contributed by atoms with E-state index in [4.69, 9.17) is 9.47 Å². The lowest BCUT2D eigenvalue weighted by molar-refractivity contribution is 0.00233. The van der Waals surface area contributed by atoms with Crippen LogP contribution in [0.3, 0.4) is 0 Å². The van der Waals surface area contributed by atoms with Crippen LogP contribution >= 0.6 is 0 Å². The van der Waals surface area contributed by atoms with E-state index < -0.39 is 18.0 Å². The number of carbonyl (C=O) groups excluding carboxylic acids is 2. The molecule has 0 aliphatic rings. The molecule has 1 atom stereocenters. The van der Waals surface area contributed by atoms with Gasteiger partial charge in [0.25, 0.3) is 0 Å². The average Bonchev–Trinajstić information content (AvgIpc) is 2.62. The molecule has 0 spiro atoms. The van der Waals surface area contributed by atoms with Crippen LogP contribution in [-0.4, -0.2) is 36.4 Å². The van der Waals surface area contributed by atoms with Gasteiger partial charge in [-0.2, -0.15) is 0 Å². The highest BCUT2D eigenvalue weighted by molar-refractivity contribution is 5.89. The maximum Gasteiger partial charge on any atom is 0.338 e. The molecule has 2 rings (SSSR count). The molecular weight excluding hydrogens is 296 g/mol. The van der Waals surface area contributed by atoms with Crippen molar-refractivity contribution in [1.29, 1.82) is 0 Å². The van der Waals surface area contributed by atoms with Crippen molar-refractivity contribution in [3.63, 3.8) is 0 Å². The number of benzene rings is 2. The molecule has 0 heterocycles. The van der Waals surface area contributed by atoms with Crippen molar-refractivity contribution >= 4 is 11.9 Å². The summed E-state index contributed by atoms with van der Waals surface area (Å²) in [6.45, 7) is -0.275. The molecule has 5 nitrogen and oxygen atoms in total. The van der Waals surface area contributed by atoms with Gasteiger partial charge in [-0.3, -0.25) is 0 Å². The summed E-state index contributed by atoms with van der Waals surface area (Å²) < 4.78 is 10.3. The lowest BCUT2D eigenvalue weighted by Crippen LogP contribution is -2.24. The average molecular weight is 314 g/mol. The minimum atomic E-state index is -0.716. The summed E-state index contributed by atoms with van der Waals surface area (Å²) >= 11 is 0. The Bertz CT molecular complexity index is 624. The molecule has 0 amide bonds. The van der Waals surface area contributed by atoms with E-state index in [1.165, 1.54) is 0 Å². The minimum absolute atomic E-state index is 0.0566. The van der Waals surface area contributed by atoms with Gasteiger partial charge >= 0.3 is 11.9 Å². The number of aliphatic hydroxyl groups is 1. The van der Waals surface area contributed by atoms with E-state index in [0.29, 0.717) is 11.1 Å². The number of hydrogen-bond acceptors (Lipinski definition) is 5. The van der Waals surface area contributed by atoms with Crippen molar-refractivity contribution in [3.05, 3.63) is 71.8 Å². The van der Waals surface area contributed by atoms with Crippen molar-refractivity contribution in [2.24, 2.45) is 0 Å². The first-order valence-electron chi connectivity index (χ1n) is 7.29. The van der Waals surface area contributed by atoms with Gasteiger partial charge in [0.1, 0.15) is 6.10 Å². The van der Waals surface area contributed by atoms with Crippen LogP contribution in [0.5, 0.6) is 0 Å². The highest BCUT2D eigenvalue weighted by atomic mass is 16.6. The maximum atomic E-state index is 11.9. The topological polar surface area (TPSA) is 72.8 Å². The fourth-order valence-corrected chi connectivity index (χ4v) is 1.92. The minimum Gasteiger partial charge on any atom is -0.462 e. The second kappa shape index (κ2) is 8.70. The monoisotopic (exact) mass is 314 g/mol. The quantitative estimate of drug-likeness (QED) is 0.795. The Morgan fingerprint density at radius 1 is 0.870 bits per heavy atom. The molecule has 0 radical (unpaired) electrons. The number of rotatable bonds is 7. The lowest BCUT2D eigenvalue weighted by atomic mass is 10.2. The molecule has 5 heteroatoms. The van der Waals surface area contributed by atoms with Gasteiger partial charge in [0.05, 0.1) is 24.3 Å². The van der Waals surface area contributed by atoms with E-state index >= 15 is 0 Å². The molecule has 0 fully saturated rings. The second-order valence-corrected chi connectivity index (χ2v) is 4.87. The van der Waals surface area contributed by atoms with Gasteiger partial charge in [-0.1, -0.05) is 36.4 Å². The first-order chi connectivity index (χ1) is 11.2. The molecule has 23 heavy (non-hydrogen) atoms. The zero-order chi connectivity index (χ0) is 16.5. The zero-order valence-electron chi connectivity index (χ0n) is 12.6. The summed E-state index contributed by atoms with van der Waals surface area (Å²) in [5.41, 5.74) is 0.863. The Morgan fingerprint density at radius 3 is 1.91 bits per heavy atom. The molecule has 1 N–H and O–H groups in total. The van der Waals surface area contributed by atoms with Crippen LogP contribution < -0.4 is 0 Å². The van der Waals surface area contributed by atoms with E-state index in [1.807, 2.05) is 6.07 Å². The van der Waals surface area contributed by atoms with Crippen LogP contribution in [0.1, 0.15) is 27.1 Å². The Balaban J connectivity index is 1.79. The molecule has 2 aromatic rings. The van der Waals surface area contributed by atoms with Crippen molar-refractivity contribution in [1.82, 2.24) is 0 Å². The van der Waals surface area contributed by atoms with Gasteiger partial charge in [0, 0.05) is 6.42 Å². The summed E-state index contributed by atoms with van der Waals surface area (Å²) in [4.78, 5) is 23.7. The van der Waals surface area contributed by atoms with Gasteiger partial charge in [0.15, 0.2) is 0 Å². The van der Waals surface area contributed by atoms with Crippen LogP contribution in [0.2, 0.25) is 0 Å². The number of hydrogen-bond donors (Lipinski definition) is 1. The molecule has 0 unspecified atom stereocenters. The van der Waals surface area contributed by atoms with Crippen molar-refractivity contribution < 1.29 is 24.2 Å². The number of esters is 2. The zero-order valence-corrected chi connectivity index (χ0v) is 12.6. The van der Waals surface area contributed by atoms with Gasteiger partial charge in [0.2, 0.25) is 0 Å². The maximum absolute atomic E-state index is 11.9. The van der Waals surface area contributed by atoms with Gasteiger partial charge in [-0.15, -0.1) is 0 Å². The summed E-state index contributed by atoms with van der Waals surface area (Å²) in [6.07, 6.45) is -0.487. The van der Waals surface area contributed by atoms with Crippen LogP contribution in [0.25, 0.3) is 0 Å². The molecule has 0 aliphatic carbocycles. The highest BCUT2D eigenvalue weighted by Gasteiger charge is 2.16. The van der Waals surface area contributed by atoms with E-state index in [0.717, 1.165) is 0 Å². The Labute approximate surface area is 134 Å². The van der Waals surface area contributed by atoms with Crippen molar-refractivity contribution in [2.45, 2.75) is 12.5 Å². The smallest absolute Gasteiger partial charge is 0.338 e. The summed E-state index contributed by atoms with van der Waals surface area (Å²) in [6, 6.07) is 17.1. The van der Waals surface area contributed by atoms with Crippen LogP contribution in [0.15, 0.2) is 60.7 Å². The van der Waals surface area contributed by atoms with Crippen LogP contribution in [0.4, 0.5) is 0 Å². The molecule has 0 saturated heterocycles. The normalized spacial score (nSPS) is 11.5. The molecule has 120 valence electrons.